The highest BCUT2D eigenvalue weighted by atomic mass is 32.2. The van der Waals surface area contributed by atoms with E-state index in [2.05, 4.69) is 26.3 Å². The molecule has 0 saturated heterocycles. The van der Waals surface area contributed by atoms with E-state index in [-0.39, 0.29) is 11.7 Å². The third kappa shape index (κ3) is 5.92. The van der Waals surface area contributed by atoms with Gasteiger partial charge in [-0.3, -0.25) is 30.2 Å². The average Bonchev–Trinajstić information content (AvgIpc) is 3.02. The molecule has 25 heavy (non-hydrogen) atoms. The summed E-state index contributed by atoms with van der Waals surface area (Å²) in [6.07, 6.45) is 2.92. The van der Waals surface area contributed by atoms with Crippen molar-refractivity contribution in [1.29, 1.82) is 0 Å². The van der Waals surface area contributed by atoms with E-state index in [0.29, 0.717) is 17.1 Å². The number of hydrogen-bond acceptors (Lipinski definition) is 7. The van der Waals surface area contributed by atoms with Crippen LogP contribution in [0.15, 0.2) is 35.1 Å². The molecule has 0 radical (unpaired) electrons. The number of carbonyl (C=O) groups is 3. The average molecular weight is 363 g/mol. The molecule has 0 fully saturated rings. The molecule has 0 aliphatic carbocycles. The van der Waals surface area contributed by atoms with Gasteiger partial charge in [0.05, 0.1) is 16.6 Å². The predicted molar refractivity (Wildman–Crippen MR) is 91.6 cm³/mol. The van der Waals surface area contributed by atoms with E-state index < -0.39 is 17.1 Å². The summed E-state index contributed by atoms with van der Waals surface area (Å²) in [5, 5.41) is 5.76. The lowest BCUT2D eigenvalue weighted by Gasteiger charge is -2.11. The molecule has 3 N–H and O–H groups in total. The van der Waals surface area contributed by atoms with Gasteiger partial charge in [-0.2, -0.15) is 0 Å². The van der Waals surface area contributed by atoms with Crippen molar-refractivity contribution in [3.63, 3.8) is 0 Å². The van der Waals surface area contributed by atoms with E-state index >= 15 is 0 Å². The molecule has 0 saturated carbocycles. The van der Waals surface area contributed by atoms with Crippen molar-refractivity contribution in [3.05, 3.63) is 41.9 Å². The molecule has 3 amide bonds. The van der Waals surface area contributed by atoms with Gasteiger partial charge in [0.15, 0.2) is 5.82 Å². The molecule has 2 aromatic rings. The summed E-state index contributed by atoms with van der Waals surface area (Å²) in [4.78, 5) is 39.3. The van der Waals surface area contributed by atoms with E-state index in [9.17, 15) is 14.4 Å². The standard InChI is InChI=1S/C15H17N5O4S/c1-9-6-12(20-24-9)17-14(22)10(2)25-8-13(21)18-19-15(23)11-4-3-5-16-7-11/h3-7,10H,8H2,1-2H3,(H,18,21)(H,19,23)(H,17,20,22)/t10-/m1/s1. The van der Waals surface area contributed by atoms with Crippen LogP contribution in [0.3, 0.4) is 0 Å². The van der Waals surface area contributed by atoms with Gasteiger partial charge in [0.25, 0.3) is 5.91 Å². The van der Waals surface area contributed by atoms with Crippen LogP contribution in [-0.4, -0.2) is 38.9 Å². The monoisotopic (exact) mass is 363 g/mol. The maximum Gasteiger partial charge on any atom is 0.271 e. The van der Waals surface area contributed by atoms with E-state index in [4.69, 9.17) is 4.52 Å². The number of anilines is 1. The van der Waals surface area contributed by atoms with Crippen LogP contribution in [0, 0.1) is 6.92 Å². The molecule has 2 rings (SSSR count). The highest BCUT2D eigenvalue weighted by molar-refractivity contribution is 8.01. The van der Waals surface area contributed by atoms with Gasteiger partial charge in [0, 0.05) is 18.5 Å². The van der Waals surface area contributed by atoms with Crippen LogP contribution in [0.25, 0.3) is 0 Å². The number of thioether (sulfide) groups is 1. The molecule has 2 aromatic heterocycles. The summed E-state index contributed by atoms with van der Waals surface area (Å²) < 4.78 is 4.85. The Hall–Kier alpha value is -2.88. The summed E-state index contributed by atoms with van der Waals surface area (Å²) in [6.45, 7) is 3.37. The SMILES string of the molecule is Cc1cc(NC(=O)[C@@H](C)SCC(=O)NNC(=O)c2cccnc2)no1. The number of nitrogens with one attached hydrogen (secondary N) is 3. The Balaban J connectivity index is 1.70. The first kappa shape index (κ1) is 18.5. The largest absolute Gasteiger partial charge is 0.360 e. The molecule has 132 valence electrons. The summed E-state index contributed by atoms with van der Waals surface area (Å²) in [7, 11) is 0. The minimum Gasteiger partial charge on any atom is -0.360 e. The minimum absolute atomic E-state index is 0.000248. The molecular formula is C15H17N5O4S. The van der Waals surface area contributed by atoms with Crippen molar-refractivity contribution in [1.82, 2.24) is 21.0 Å². The zero-order valence-corrected chi connectivity index (χ0v) is 14.4. The van der Waals surface area contributed by atoms with Crippen LogP contribution in [0.2, 0.25) is 0 Å². The van der Waals surface area contributed by atoms with Crippen molar-refractivity contribution in [2.75, 3.05) is 11.1 Å². The molecule has 10 heteroatoms. The molecule has 1 atom stereocenters. The highest BCUT2D eigenvalue weighted by Crippen LogP contribution is 2.13. The van der Waals surface area contributed by atoms with Crippen LogP contribution < -0.4 is 16.2 Å². The van der Waals surface area contributed by atoms with Crippen LogP contribution in [-0.2, 0) is 9.59 Å². The Bertz CT molecular complexity index is 749. The zero-order chi connectivity index (χ0) is 18.2. The predicted octanol–water partition coefficient (Wildman–Crippen LogP) is 0.899. The molecule has 0 spiro atoms. The van der Waals surface area contributed by atoms with Gasteiger partial charge in [-0.05, 0) is 26.0 Å². The molecule has 0 aromatic carbocycles. The van der Waals surface area contributed by atoms with Crippen LogP contribution >= 0.6 is 11.8 Å². The van der Waals surface area contributed by atoms with Gasteiger partial charge < -0.3 is 9.84 Å². The first-order valence-corrected chi connectivity index (χ1v) is 8.35. The van der Waals surface area contributed by atoms with Gasteiger partial charge >= 0.3 is 0 Å². The second-order valence-corrected chi connectivity index (χ2v) is 6.34. The van der Waals surface area contributed by atoms with Crippen LogP contribution in [0.5, 0.6) is 0 Å². The lowest BCUT2D eigenvalue weighted by molar-refractivity contribution is -0.119. The number of rotatable bonds is 6. The number of hydrazine groups is 1. The second kappa shape index (κ2) is 8.83. The molecule has 0 aliphatic rings. The Morgan fingerprint density at radius 3 is 2.76 bits per heavy atom. The van der Waals surface area contributed by atoms with Gasteiger partial charge in [0.1, 0.15) is 5.76 Å². The maximum atomic E-state index is 12.0. The Morgan fingerprint density at radius 1 is 1.32 bits per heavy atom. The van der Waals surface area contributed by atoms with Crippen LogP contribution in [0.4, 0.5) is 5.82 Å². The van der Waals surface area contributed by atoms with Crippen LogP contribution in [0.1, 0.15) is 23.0 Å². The van der Waals surface area contributed by atoms with Gasteiger partial charge in [-0.25, -0.2) is 0 Å². The van der Waals surface area contributed by atoms with E-state index in [1.807, 2.05) is 0 Å². The summed E-state index contributed by atoms with van der Waals surface area (Å²) in [5.41, 5.74) is 4.89. The third-order valence-corrected chi connectivity index (χ3v) is 4.09. The fourth-order valence-corrected chi connectivity index (χ4v) is 2.35. The number of nitrogens with zero attached hydrogens (tertiary/aromatic N) is 2. The number of carbonyl (C=O) groups excluding carboxylic acids is 3. The minimum atomic E-state index is -0.489. The smallest absolute Gasteiger partial charge is 0.271 e. The van der Waals surface area contributed by atoms with Gasteiger partial charge in [0.2, 0.25) is 11.8 Å². The summed E-state index contributed by atoms with van der Waals surface area (Å²) in [5.74, 6) is -0.300. The fraction of sp³-hybridized carbons (Fsp3) is 0.267. The number of aryl methyl sites for hydroxylation is 1. The van der Waals surface area contributed by atoms with Crippen molar-refractivity contribution in [2.24, 2.45) is 0 Å². The molecule has 2 heterocycles. The van der Waals surface area contributed by atoms with Crippen molar-refractivity contribution < 1.29 is 18.9 Å². The first-order chi connectivity index (χ1) is 12.0. The Kier molecular flexibility index (Phi) is 6.52. The van der Waals surface area contributed by atoms with Crippen molar-refractivity contribution in [3.8, 4) is 0 Å². The van der Waals surface area contributed by atoms with E-state index in [1.54, 1.807) is 38.2 Å². The molecule has 0 unspecified atom stereocenters. The Morgan fingerprint density at radius 2 is 2.12 bits per heavy atom. The topological polar surface area (TPSA) is 126 Å². The molecule has 9 nitrogen and oxygen atoms in total. The lowest BCUT2D eigenvalue weighted by Crippen LogP contribution is -2.42. The van der Waals surface area contributed by atoms with Gasteiger partial charge in [-0.1, -0.05) is 5.16 Å². The quantitative estimate of drug-likeness (QED) is 0.651. The number of hydrogen-bond donors (Lipinski definition) is 3. The molecular weight excluding hydrogens is 346 g/mol. The fourth-order valence-electron chi connectivity index (χ4n) is 1.66. The third-order valence-electron chi connectivity index (χ3n) is 2.95. The first-order valence-electron chi connectivity index (χ1n) is 7.30. The molecule has 0 aliphatic heterocycles. The second-order valence-electron chi connectivity index (χ2n) is 5.01. The molecule has 0 bridgehead atoms. The Labute approximate surface area is 147 Å². The summed E-state index contributed by atoms with van der Waals surface area (Å²) in [6, 6.07) is 4.78. The van der Waals surface area contributed by atoms with Gasteiger partial charge in [-0.15, -0.1) is 11.8 Å². The maximum absolute atomic E-state index is 12.0. The zero-order valence-electron chi connectivity index (χ0n) is 13.6. The van der Waals surface area contributed by atoms with E-state index in [0.717, 1.165) is 11.8 Å². The lowest BCUT2D eigenvalue weighted by atomic mass is 10.3. The summed E-state index contributed by atoms with van der Waals surface area (Å²) >= 11 is 1.12. The number of aromatic nitrogens is 2. The highest BCUT2D eigenvalue weighted by Gasteiger charge is 2.17. The van der Waals surface area contributed by atoms with Crippen molar-refractivity contribution in [2.45, 2.75) is 19.1 Å². The number of pyridine rings is 1. The normalized spacial score (nSPS) is 11.4. The van der Waals surface area contributed by atoms with Crippen molar-refractivity contribution >= 4 is 35.3 Å². The number of amides is 3. The van der Waals surface area contributed by atoms with E-state index in [1.165, 1.54) is 6.20 Å².